The van der Waals surface area contributed by atoms with Crippen LogP contribution in [-0.2, 0) is 11.3 Å². The lowest BCUT2D eigenvalue weighted by atomic mass is 10.2. The first kappa shape index (κ1) is 20.0. The van der Waals surface area contributed by atoms with Gasteiger partial charge in [0.25, 0.3) is 0 Å². The Hall–Kier alpha value is -2.71. The molecule has 0 aliphatic heterocycles. The number of rotatable bonds is 9. The van der Waals surface area contributed by atoms with E-state index in [1.165, 1.54) is 0 Å². The highest BCUT2D eigenvalue weighted by molar-refractivity contribution is 7.00. The van der Waals surface area contributed by atoms with Gasteiger partial charge in [-0.15, -0.1) is 0 Å². The number of amides is 1. The zero-order valence-electron chi connectivity index (χ0n) is 16.3. The van der Waals surface area contributed by atoms with Crippen molar-refractivity contribution in [1.29, 1.82) is 0 Å². The Balaban J connectivity index is 1.65. The van der Waals surface area contributed by atoms with Crippen molar-refractivity contribution in [3.8, 4) is 11.5 Å². The third-order valence-corrected chi connectivity index (χ3v) is 4.85. The molecule has 0 bridgehead atoms. The predicted octanol–water partition coefficient (Wildman–Crippen LogP) is 3.56. The van der Waals surface area contributed by atoms with Crippen LogP contribution in [0, 0.1) is 0 Å². The van der Waals surface area contributed by atoms with Crippen LogP contribution in [0.25, 0.3) is 11.0 Å². The van der Waals surface area contributed by atoms with Gasteiger partial charge in [0.05, 0.1) is 37.7 Å². The fraction of sp³-hybridized carbons (Fsp3) is 0.350. The van der Waals surface area contributed by atoms with Crippen molar-refractivity contribution in [3.05, 3.63) is 42.0 Å². The summed E-state index contributed by atoms with van der Waals surface area (Å²) in [6.07, 6.45) is 0. The van der Waals surface area contributed by atoms with Crippen LogP contribution in [0.4, 0.5) is 5.69 Å². The first-order chi connectivity index (χ1) is 13.6. The van der Waals surface area contributed by atoms with Gasteiger partial charge in [0.1, 0.15) is 11.0 Å². The van der Waals surface area contributed by atoms with E-state index in [4.69, 9.17) is 9.47 Å². The van der Waals surface area contributed by atoms with Crippen molar-refractivity contribution in [1.82, 2.24) is 13.6 Å². The Bertz CT molecular complexity index is 944. The summed E-state index contributed by atoms with van der Waals surface area (Å²) in [6, 6.07) is 11.4. The molecule has 3 rings (SSSR count). The summed E-state index contributed by atoms with van der Waals surface area (Å²) in [5.74, 6) is 1.34. The lowest BCUT2D eigenvalue weighted by molar-refractivity contribution is -0.117. The van der Waals surface area contributed by atoms with Crippen molar-refractivity contribution in [2.45, 2.75) is 20.4 Å². The van der Waals surface area contributed by atoms with Gasteiger partial charge in [0.15, 0.2) is 11.5 Å². The maximum atomic E-state index is 12.6. The highest BCUT2D eigenvalue weighted by atomic mass is 32.1. The van der Waals surface area contributed by atoms with Crippen molar-refractivity contribution < 1.29 is 14.3 Å². The molecule has 1 N–H and O–H groups in total. The molecule has 1 heterocycles. The third kappa shape index (κ3) is 4.76. The topological polar surface area (TPSA) is 76.6 Å². The molecule has 0 aliphatic rings. The number of aromatic nitrogens is 2. The summed E-state index contributed by atoms with van der Waals surface area (Å²) in [7, 11) is 1.63. The van der Waals surface area contributed by atoms with Crippen LogP contribution in [0.3, 0.4) is 0 Å². The first-order valence-electron chi connectivity index (χ1n) is 9.17. The molecular weight excluding hydrogens is 376 g/mol. The smallest absolute Gasteiger partial charge is 0.238 e. The van der Waals surface area contributed by atoms with Gasteiger partial charge in [-0.25, -0.2) is 0 Å². The molecule has 2 aromatic carbocycles. The van der Waals surface area contributed by atoms with E-state index < -0.39 is 0 Å². The van der Waals surface area contributed by atoms with E-state index in [0.717, 1.165) is 40.6 Å². The van der Waals surface area contributed by atoms with E-state index in [2.05, 4.69) is 19.0 Å². The van der Waals surface area contributed by atoms with Crippen LogP contribution in [0.2, 0.25) is 0 Å². The number of carbonyl (C=O) groups is 1. The molecule has 0 spiro atoms. The van der Waals surface area contributed by atoms with Crippen molar-refractivity contribution in [2.24, 2.45) is 0 Å². The highest BCUT2D eigenvalue weighted by Crippen LogP contribution is 2.28. The number of hydrogen-bond acceptors (Lipinski definition) is 7. The molecule has 1 aromatic heterocycles. The van der Waals surface area contributed by atoms with Gasteiger partial charge in [-0.1, -0.05) is 19.1 Å². The molecule has 0 saturated heterocycles. The summed E-state index contributed by atoms with van der Waals surface area (Å²) in [5, 5.41) is 2.95. The van der Waals surface area contributed by atoms with Gasteiger partial charge in [0.2, 0.25) is 5.91 Å². The molecule has 8 heteroatoms. The van der Waals surface area contributed by atoms with Gasteiger partial charge in [-0.3, -0.25) is 9.69 Å². The molecule has 1 amide bonds. The molecule has 28 heavy (non-hydrogen) atoms. The number of ether oxygens (including phenoxy) is 2. The van der Waals surface area contributed by atoms with Crippen LogP contribution in [0.15, 0.2) is 36.4 Å². The first-order valence-corrected chi connectivity index (χ1v) is 9.90. The number of benzene rings is 2. The summed E-state index contributed by atoms with van der Waals surface area (Å²) < 4.78 is 19.4. The van der Waals surface area contributed by atoms with Gasteiger partial charge >= 0.3 is 0 Å². The Morgan fingerprint density at radius 1 is 1.18 bits per heavy atom. The van der Waals surface area contributed by atoms with E-state index in [-0.39, 0.29) is 12.5 Å². The maximum absolute atomic E-state index is 12.6. The van der Waals surface area contributed by atoms with E-state index in [0.29, 0.717) is 24.6 Å². The highest BCUT2D eigenvalue weighted by Gasteiger charge is 2.14. The Morgan fingerprint density at radius 3 is 2.79 bits per heavy atom. The summed E-state index contributed by atoms with van der Waals surface area (Å²) in [6.45, 7) is 6.20. The lowest BCUT2D eigenvalue weighted by Gasteiger charge is -2.21. The fourth-order valence-electron chi connectivity index (χ4n) is 2.92. The monoisotopic (exact) mass is 400 g/mol. The number of nitrogens with zero attached hydrogens (tertiary/aromatic N) is 3. The van der Waals surface area contributed by atoms with Crippen LogP contribution >= 0.6 is 11.7 Å². The number of likely N-dealkylation sites (N-methyl/N-ethyl adjacent to an activating group) is 1. The Kier molecular flexibility index (Phi) is 6.78. The van der Waals surface area contributed by atoms with E-state index in [1.54, 1.807) is 7.11 Å². The largest absolute Gasteiger partial charge is 0.493 e. The third-order valence-electron chi connectivity index (χ3n) is 4.31. The van der Waals surface area contributed by atoms with Crippen molar-refractivity contribution in [3.63, 3.8) is 0 Å². The normalized spacial score (nSPS) is 11.0. The van der Waals surface area contributed by atoms with Gasteiger partial charge in [-0.05, 0) is 43.3 Å². The number of anilines is 1. The predicted molar refractivity (Wildman–Crippen MR) is 111 cm³/mol. The molecular formula is C20H24N4O3S. The fourth-order valence-corrected chi connectivity index (χ4v) is 3.47. The minimum Gasteiger partial charge on any atom is -0.493 e. The number of carbonyl (C=O) groups excluding carboxylic acids is 1. The molecule has 0 unspecified atom stereocenters. The minimum absolute atomic E-state index is 0.0831. The second-order valence-electron chi connectivity index (χ2n) is 6.21. The van der Waals surface area contributed by atoms with Crippen molar-refractivity contribution >= 4 is 34.4 Å². The van der Waals surface area contributed by atoms with Crippen LogP contribution in [0.1, 0.15) is 19.4 Å². The number of methoxy groups -OCH3 is 1. The van der Waals surface area contributed by atoms with Crippen LogP contribution in [-0.4, -0.2) is 46.4 Å². The summed E-state index contributed by atoms with van der Waals surface area (Å²) >= 11 is 1.14. The van der Waals surface area contributed by atoms with E-state index in [9.17, 15) is 4.79 Å². The average molecular weight is 401 g/mol. The van der Waals surface area contributed by atoms with Gasteiger partial charge in [0, 0.05) is 6.54 Å². The van der Waals surface area contributed by atoms with E-state index >= 15 is 0 Å². The summed E-state index contributed by atoms with van der Waals surface area (Å²) in [5.41, 5.74) is 3.26. The molecule has 148 valence electrons. The Morgan fingerprint density at radius 2 is 2.04 bits per heavy atom. The Labute approximate surface area is 168 Å². The average Bonchev–Trinajstić information content (AvgIpc) is 3.18. The number of fused-ring (bicyclic) bond motifs is 1. The molecule has 3 aromatic rings. The maximum Gasteiger partial charge on any atom is 0.238 e. The number of hydrogen-bond donors (Lipinski definition) is 1. The second kappa shape index (κ2) is 9.48. The SMILES string of the molecule is CCOc1ccc(CN(CC)CC(=O)Nc2cccc3nsnc23)cc1OC. The minimum atomic E-state index is -0.0831. The molecule has 0 atom stereocenters. The number of nitrogens with one attached hydrogen (secondary N) is 1. The zero-order valence-corrected chi connectivity index (χ0v) is 17.1. The quantitative estimate of drug-likeness (QED) is 0.592. The van der Waals surface area contributed by atoms with E-state index in [1.807, 2.05) is 50.2 Å². The lowest BCUT2D eigenvalue weighted by Crippen LogP contribution is -2.32. The zero-order chi connectivity index (χ0) is 19.9. The molecule has 7 nitrogen and oxygen atoms in total. The molecule has 0 aliphatic carbocycles. The molecule has 0 saturated carbocycles. The van der Waals surface area contributed by atoms with Gasteiger partial charge in [-0.2, -0.15) is 8.75 Å². The van der Waals surface area contributed by atoms with Crippen LogP contribution in [0.5, 0.6) is 11.5 Å². The van der Waals surface area contributed by atoms with Crippen LogP contribution < -0.4 is 14.8 Å². The summed E-state index contributed by atoms with van der Waals surface area (Å²) in [4.78, 5) is 14.6. The van der Waals surface area contributed by atoms with Crippen molar-refractivity contribution in [2.75, 3.05) is 32.1 Å². The molecule has 0 fully saturated rings. The standard InChI is InChI=1S/C20H24N4O3S/c1-4-24(12-14-9-10-17(27-5-2)18(11-14)26-3)13-19(25)21-15-7-6-8-16-20(15)23-28-22-16/h6-11H,4-5,12-13H2,1-3H3,(H,21,25). The second-order valence-corrected chi connectivity index (χ2v) is 6.74. The molecule has 0 radical (unpaired) electrons. The van der Waals surface area contributed by atoms with Gasteiger partial charge < -0.3 is 14.8 Å².